The Labute approximate surface area is 182 Å². The van der Waals surface area contributed by atoms with Crippen molar-refractivity contribution < 1.29 is 13.2 Å². The van der Waals surface area contributed by atoms with Gasteiger partial charge in [-0.1, -0.05) is 29.8 Å². The van der Waals surface area contributed by atoms with Crippen LogP contribution in [-0.4, -0.2) is 14.8 Å². The molecule has 2 aromatic heterocycles. The van der Waals surface area contributed by atoms with Crippen molar-refractivity contribution in [2.75, 3.05) is 0 Å². The van der Waals surface area contributed by atoms with E-state index in [1.807, 2.05) is 12.1 Å². The van der Waals surface area contributed by atoms with Crippen molar-refractivity contribution in [1.29, 1.82) is 0 Å². The fourth-order valence-electron chi connectivity index (χ4n) is 2.76. The molecule has 0 aliphatic carbocycles. The lowest BCUT2D eigenvalue weighted by Gasteiger charge is -2.05. The molecule has 0 saturated carbocycles. The maximum absolute atomic E-state index is 12.9. The van der Waals surface area contributed by atoms with Gasteiger partial charge in [-0.2, -0.15) is 23.0 Å². The fourth-order valence-corrected chi connectivity index (χ4v) is 3.68. The van der Waals surface area contributed by atoms with Gasteiger partial charge in [0, 0.05) is 16.0 Å². The smallest absolute Gasteiger partial charge is 0.291 e. The summed E-state index contributed by atoms with van der Waals surface area (Å²) in [5, 5.41) is 13.3. The van der Waals surface area contributed by atoms with E-state index in [9.17, 15) is 18.0 Å². The highest BCUT2D eigenvalue weighted by atomic mass is 35.5. The number of azo groups is 1. The standard InChI is InChI=1S/C20H13ClF3N5OS/c1-11-17(27-26-15-4-2-3-13(9-15)20(22,23)24)18(30)29(28-11)19-25-16(10-31-19)12-5-7-14(21)8-6-12/h2-10,28H,1H3. The monoisotopic (exact) mass is 463 g/mol. The number of aromatic amines is 1. The van der Waals surface area contributed by atoms with E-state index >= 15 is 0 Å². The number of H-pyrrole nitrogens is 1. The zero-order valence-corrected chi connectivity index (χ0v) is 17.4. The van der Waals surface area contributed by atoms with Crippen molar-refractivity contribution in [3.63, 3.8) is 0 Å². The summed E-state index contributed by atoms with van der Waals surface area (Å²) in [5.74, 6) is 0. The van der Waals surface area contributed by atoms with Gasteiger partial charge in [0.25, 0.3) is 0 Å². The highest BCUT2D eigenvalue weighted by Gasteiger charge is 2.30. The maximum atomic E-state index is 12.9. The number of alkyl halides is 3. The van der Waals surface area contributed by atoms with Crippen LogP contribution in [0.1, 0.15) is 11.3 Å². The molecule has 0 unspecified atom stereocenters. The Morgan fingerprint density at radius 1 is 1.13 bits per heavy atom. The minimum atomic E-state index is -4.49. The molecule has 0 fully saturated rings. The van der Waals surface area contributed by atoms with Crippen LogP contribution in [0.15, 0.2) is 68.9 Å². The first-order valence-electron chi connectivity index (χ1n) is 8.85. The molecule has 0 atom stereocenters. The van der Waals surface area contributed by atoms with E-state index in [1.54, 1.807) is 24.4 Å². The Balaban J connectivity index is 1.64. The number of nitrogens with one attached hydrogen (secondary N) is 1. The molecule has 158 valence electrons. The first-order chi connectivity index (χ1) is 14.7. The Hall–Kier alpha value is -3.24. The van der Waals surface area contributed by atoms with Gasteiger partial charge in [0.15, 0.2) is 5.69 Å². The summed E-state index contributed by atoms with van der Waals surface area (Å²) in [6.45, 7) is 1.62. The number of halogens is 4. The molecule has 4 rings (SSSR count). The van der Waals surface area contributed by atoms with E-state index in [4.69, 9.17) is 11.6 Å². The van der Waals surface area contributed by atoms with Crippen LogP contribution in [0.5, 0.6) is 0 Å². The van der Waals surface area contributed by atoms with Crippen LogP contribution in [-0.2, 0) is 6.18 Å². The molecule has 0 bridgehead atoms. The van der Waals surface area contributed by atoms with Crippen molar-refractivity contribution in [1.82, 2.24) is 14.8 Å². The van der Waals surface area contributed by atoms with E-state index < -0.39 is 17.3 Å². The summed E-state index contributed by atoms with van der Waals surface area (Å²) in [4.78, 5) is 17.2. The minimum absolute atomic E-state index is 0.0133. The maximum Gasteiger partial charge on any atom is 0.416 e. The van der Waals surface area contributed by atoms with Crippen LogP contribution >= 0.6 is 22.9 Å². The van der Waals surface area contributed by atoms with E-state index in [1.165, 1.54) is 28.2 Å². The second-order valence-electron chi connectivity index (χ2n) is 6.50. The van der Waals surface area contributed by atoms with Gasteiger partial charge in [0.05, 0.1) is 22.6 Å². The lowest BCUT2D eigenvalue weighted by Crippen LogP contribution is -2.13. The normalized spacial score (nSPS) is 12.0. The predicted octanol–water partition coefficient (Wildman–Crippen LogP) is 6.69. The third-order valence-corrected chi connectivity index (χ3v) is 5.38. The first-order valence-corrected chi connectivity index (χ1v) is 10.1. The Kier molecular flexibility index (Phi) is 5.50. The van der Waals surface area contributed by atoms with Crippen LogP contribution in [0.4, 0.5) is 24.5 Å². The zero-order chi connectivity index (χ0) is 22.2. The molecule has 6 nitrogen and oxygen atoms in total. The van der Waals surface area contributed by atoms with Gasteiger partial charge in [0.2, 0.25) is 5.13 Å². The van der Waals surface area contributed by atoms with Crippen molar-refractivity contribution in [3.8, 4) is 16.4 Å². The molecular formula is C20H13ClF3N5OS. The number of rotatable bonds is 4. The summed E-state index contributed by atoms with van der Waals surface area (Å²) >= 11 is 7.15. The number of hydrogen-bond acceptors (Lipinski definition) is 5. The second kappa shape index (κ2) is 8.12. The van der Waals surface area contributed by atoms with E-state index in [0.29, 0.717) is 21.5 Å². The predicted molar refractivity (Wildman–Crippen MR) is 113 cm³/mol. The van der Waals surface area contributed by atoms with Crippen molar-refractivity contribution in [2.45, 2.75) is 13.1 Å². The quantitative estimate of drug-likeness (QED) is 0.342. The number of aryl methyl sites for hydroxylation is 1. The summed E-state index contributed by atoms with van der Waals surface area (Å²) in [6.07, 6.45) is -4.49. The molecule has 0 aliphatic heterocycles. The van der Waals surface area contributed by atoms with Gasteiger partial charge in [-0.15, -0.1) is 16.5 Å². The highest BCUT2D eigenvalue weighted by molar-refractivity contribution is 7.12. The van der Waals surface area contributed by atoms with Gasteiger partial charge in [0.1, 0.15) is 0 Å². The van der Waals surface area contributed by atoms with E-state index in [2.05, 4.69) is 20.3 Å². The molecule has 0 amide bonds. The lowest BCUT2D eigenvalue weighted by molar-refractivity contribution is -0.137. The van der Waals surface area contributed by atoms with Crippen molar-refractivity contribution >= 4 is 34.3 Å². The van der Waals surface area contributed by atoms with Gasteiger partial charge in [-0.05, 0) is 37.3 Å². The van der Waals surface area contributed by atoms with Gasteiger partial charge >= 0.3 is 11.7 Å². The van der Waals surface area contributed by atoms with Crippen LogP contribution in [0.3, 0.4) is 0 Å². The Morgan fingerprint density at radius 2 is 1.87 bits per heavy atom. The molecule has 0 radical (unpaired) electrons. The average molecular weight is 464 g/mol. The van der Waals surface area contributed by atoms with Crippen LogP contribution < -0.4 is 5.56 Å². The Bertz CT molecular complexity index is 1320. The molecule has 4 aromatic rings. The fraction of sp³-hybridized carbons (Fsp3) is 0.100. The number of nitrogens with zero attached hydrogens (tertiary/aromatic N) is 4. The molecule has 1 N–H and O–H groups in total. The average Bonchev–Trinajstić information content (AvgIpc) is 3.32. The van der Waals surface area contributed by atoms with Gasteiger partial charge in [-0.25, -0.2) is 4.98 Å². The molecular weight excluding hydrogens is 451 g/mol. The first kappa shape index (κ1) is 21.0. The van der Waals surface area contributed by atoms with Gasteiger partial charge < -0.3 is 0 Å². The second-order valence-corrected chi connectivity index (χ2v) is 7.77. The van der Waals surface area contributed by atoms with E-state index in [0.717, 1.165) is 17.7 Å². The summed E-state index contributed by atoms with van der Waals surface area (Å²) < 4.78 is 39.8. The van der Waals surface area contributed by atoms with Gasteiger partial charge in [-0.3, -0.25) is 9.89 Å². The number of thiazole rings is 1. The van der Waals surface area contributed by atoms with Crippen LogP contribution in [0.2, 0.25) is 5.02 Å². The highest BCUT2D eigenvalue weighted by Crippen LogP contribution is 2.32. The number of benzene rings is 2. The molecule has 31 heavy (non-hydrogen) atoms. The topological polar surface area (TPSA) is 75.4 Å². The minimum Gasteiger partial charge on any atom is -0.291 e. The number of hydrogen-bond donors (Lipinski definition) is 1. The van der Waals surface area contributed by atoms with Crippen molar-refractivity contribution in [3.05, 3.63) is 80.5 Å². The Morgan fingerprint density at radius 3 is 2.58 bits per heavy atom. The third-order valence-electron chi connectivity index (χ3n) is 4.30. The van der Waals surface area contributed by atoms with Crippen LogP contribution in [0.25, 0.3) is 16.4 Å². The summed E-state index contributed by atoms with van der Waals surface area (Å²) in [7, 11) is 0. The zero-order valence-electron chi connectivity index (χ0n) is 15.8. The largest absolute Gasteiger partial charge is 0.416 e. The van der Waals surface area contributed by atoms with Crippen molar-refractivity contribution in [2.24, 2.45) is 10.2 Å². The lowest BCUT2D eigenvalue weighted by atomic mass is 10.2. The SMILES string of the molecule is Cc1[nH]n(-c2nc(-c3ccc(Cl)cc3)cs2)c(=O)c1N=Nc1cccc(C(F)(F)F)c1. The molecule has 0 aliphatic rings. The molecule has 11 heteroatoms. The molecule has 2 heterocycles. The third kappa shape index (κ3) is 4.44. The summed E-state index contributed by atoms with van der Waals surface area (Å²) in [6, 6.07) is 11.5. The van der Waals surface area contributed by atoms with Crippen LogP contribution in [0, 0.1) is 6.92 Å². The molecule has 0 spiro atoms. The van der Waals surface area contributed by atoms with E-state index in [-0.39, 0.29) is 11.4 Å². The summed E-state index contributed by atoms with van der Waals surface area (Å²) in [5.41, 5.74) is 0.538. The molecule has 0 saturated heterocycles. The molecule has 2 aromatic carbocycles. The number of aromatic nitrogens is 3.